The van der Waals surface area contributed by atoms with Crippen LogP contribution in [-0.4, -0.2) is 54.1 Å². The van der Waals surface area contributed by atoms with Crippen molar-refractivity contribution in [1.82, 2.24) is 20.2 Å². The average Bonchev–Trinajstić information content (AvgIpc) is 2.37. The Bertz CT molecular complexity index is 365. The van der Waals surface area contributed by atoms with Crippen molar-refractivity contribution in [2.45, 2.75) is 32.5 Å². The van der Waals surface area contributed by atoms with Crippen LogP contribution >= 0.6 is 0 Å². The van der Waals surface area contributed by atoms with E-state index in [1.54, 1.807) is 0 Å². The first-order chi connectivity index (χ1) is 8.61. The second-order valence-corrected chi connectivity index (χ2v) is 5.19. The highest BCUT2D eigenvalue weighted by molar-refractivity contribution is 5.31. The standard InChI is InChI=1S/C13H23N5/c1-10-8-18(9-11(2)17(10)4)13-15-6-12(5-14-3)7-16-13/h6-7,10-11,14H,5,8-9H2,1-4H3. The van der Waals surface area contributed by atoms with E-state index in [-0.39, 0.29) is 0 Å². The van der Waals surface area contributed by atoms with Gasteiger partial charge < -0.3 is 10.2 Å². The summed E-state index contributed by atoms with van der Waals surface area (Å²) in [4.78, 5) is 13.6. The molecule has 2 rings (SSSR count). The summed E-state index contributed by atoms with van der Waals surface area (Å²) < 4.78 is 0. The maximum absolute atomic E-state index is 4.47. The molecule has 5 nitrogen and oxygen atoms in total. The largest absolute Gasteiger partial charge is 0.338 e. The Balaban J connectivity index is 2.07. The number of nitrogens with one attached hydrogen (secondary N) is 1. The molecule has 0 aromatic carbocycles. The van der Waals surface area contributed by atoms with Gasteiger partial charge in [0.15, 0.2) is 0 Å². The quantitative estimate of drug-likeness (QED) is 0.855. The first-order valence-electron chi connectivity index (χ1n) is 6.54. The van der Waals surface area contributed by atoms with Crippen molar-refractivity contribution >= 4 is 5.95 Å². The smallest absolute Gasteiger partial charge is 0.225 e. The minimum atomic E-state index is 0.536. The Labute approximate surface area is 109 Å². The van der Waals surface area contributed by atoms with Crippen LogP contribution in [0.5, 0.6) is 0 Å². The molecule has 1 aliphatic rings. The van der Waals surface area contributed by atoms with E-state index in [1.807, 2.05) is 19.4 Å². The Morgan fingerprint density at radius 1 is 1.22 bits per heavy atom. The summed E-state index contributed by atoms with van der Waals surface area (Å²) >= 11 is 0. The molecule has 1 aromatic rings. The fraction of sp³-hybridized carbons (Fsp3) is 0.692. The van der Waals surface area contributed by atoms with Crippen molar-refractivity contribution < 1.29 is 0 Å². The predicted molar refractivity (Wildman–Crippen MR) is 73.7 cm³/mol. The molecule has 0 amide bonds. The van der Waals surface area contributed by atoms with E-state index in [1.165, 1.54) is 0 Å². The third-order valence-corrected chi connectivity index (χ3v) is 3.72. The number of likely N-dealkylation sites (N-methyl/N-ethyl adjacent to an activating group) is 1. The van der Waals surface area contributed by atoms with Gasteiger partial charge in [0.2, 0.25) is 5.95 Å². The van der Waals surface area contributed by atoms with E-state index < -0.39 is 0 Å². The van der Waals surface area contributed by atoms with Crippen LogP contribution in [0.2, 0.25) is 0 Å². The summed E-state index contributed by atoms with van der Waals surface area (Å²) in [6.07, 6.45) is 3.82. The SMILES string of the molecule is CNCc1cnc(N2CC(C)N(C)C(C)C2)nc1. The van der Waals surface area contributed by atoms with Crippen LogP contribution in [0.25, 0.3) is 0 Å². The lowest BCUT2D eigenvalue weighted by atomic mass is 10.1. The Hall–Kier alpha value is -1.20. The van der Waals surface area contributed by atoms with Gasteiger partial charge in [-0.1, -0.05) is 0 Å². The second kappa shape index (κ2) is 5.63. The van der Waals surface area contributed by atoms with Crippen LogP contribution in [0, 0.1) is 0 Å². The van der Waals surface area contributed by atoms with Crippen molar-refractivity contribution in [1.29, 1.82) is 0 Å². The maximum Gasteiger partial charge on any atom is 0.225 e. The minimum absolute atomic E-state index is 0.536. The van der Waals surface area contributed by atoms with Gasteiger partial charge in [0.05, 0.1) is 0 Å². The molecule has 0 radical (unpaired) electrons. The molecule has 1 fully saturated rings. The summed E-state index contributed by atoms with van der Waals surface area (Å²) in [5.41, 5.74) is 1.12. The molecular formula is C13H23N5. The summed E-state index contributed by atoms with van der Waals surface area (Å²) in [6.45, 7) is 7.30. The van der Waals surface area contributed by atoms with E-state index in [9.17, 15) is 0 Å². The van der Waals surface area contributed by atoms with E-state index in [4.69, 9.17) is 0 Å². The molecular weight excluding hydrogens is 226 g/mol. The Morgan fingerprint density at radius 2 is 1.78 bits per heavy atom. The Morgan fingerprint density at radius 3 is 2.28 bits per heavy atom. The van der Waals surface area contributed by atoms with Crippen molar-refractivity contribution in [3.63, 3.8) is 0 Å². The normalized spacial score (nSPS) is 25.4. The van der Waals surface area contributed by atoms with Crippen LogP contribution in [0.4, 0.5) is 5.95 Å². The number of anilines is 1. The molecule has 0 saturated carbocycles. The maximum atomic E-state index is 4.47. The molecule has 2 unspecified atom stereocenters. The topological polar surface area (TPSA) is 44.3 Å². The number of rotatable bonds is 3. The highest BCUT2D eigenvalue weighted by Crippen LogP contribution is 2.17. The summed E-state index contributed by atoms with van der Waals surface area (Å²) in [5, 5.41) is 3.10. The van der Waals surface area contributed by atoms with Crippen LogP contribution in [-0.2, 0) is 6.54 Å². The molecule has 100 valence electrons. The number of hydrogen-bond donors (Lipinski definition) is 1. The van der Waals surface area contributed by atoms with Crippen molar-refractivity contribution in [3.8, 4) is 0 Å². The monoisotopic (exact) mass is 249 g/mol. The Kier molecular flexibility index (Phi) is 4.14. The zero-order valence-corrected chi connectivity index (χ0v) is 11.7. The molecule has 5 heteroatoms. The molecule has 1 N–H and O–H groups in total. The summed E-state index contributed by atoms with van der Waals surface area (Å²) in [5.74, 6) is 0.849. The lowest BCUT2D eigenvalue weighted by molar-refractivity contribution is 0.169. The van der Waals surface area contributed by atoms with Gasteiger partial charge in [0.25, 0.3) is 0 Å². The van der Waals surface area contributed by atoms with Gasteiger partial charge in [0, 0.05) is 49.7 Å². The van der Waals surface area contributed by atoms with Crippen LogP contribution in [0.1, 0.15) is 19.4 Å². The van der Waals surface area contributed by atoms with Crippen LogP contribution in [0.3, 0.4) is 0 Å². The summed E-state index contributed by atoms with van der Waals surface area (Å²) in [6, 6.07) is 1.07. The second-order valence-electron chi connectivity index (χ2n) is 5.19. The van der Waals surface area contributed by atoms with Crippen molar-refractivity contribution in [3.05, 3.63) is 18.0 Å². The molecule has 0 bridgehead atoms. The van der Waals surface area contributed by atoms with Gasteiger partial charge in [-0.2, -0.15) is 0 Å². The lowest BCUT2D eigenvalue weighted by Gasteiger charge is -2.42. The van der Waals surface area contributed by atoms with E-state index in [0.29, 0.717) is 12.1 Å². The lowest BCUT2D eigenvalue weighted by Crippen LogP contribution is -2.55. The molecule has 2 atom stereocenters. The fourth-order valence-corrected chi connectivity index (χ4v) is 2.37. The van der Waals surface area contributed by atoms with Gasteiger partial charge in [-0.25, -0.2) is 9.97 Å². The fourth-order valence-electron chi connectivity index (χ4n) is 2.37. The highest BCUT2D eigenvalue weighted by atomic mass is 15.3. The molecule has 1 aromatic heterocycles. The number of hydrogen-bond acceptors (Lipinski definition) is 5. The molecule has 1 aliphatic heterocycles. The van der Waals surface area contributed by atoms with Gasteiger partial charge in [0.1, 0.15) is 0 Å². The molecule has 0 spiro atoms. The zero-order chi connectivity index (χ0) is 13.1. The van der Waals surface area contributed by atoms with Gasteiger partial charge in [-0.3, -0.25) is 4.90 Å². The third kappa shape index (κ3) is 2.79. The highest BCUT2D eigenvalue weighted by Gasteiger charge is 2.27. The van der Waals surface area contributed by atoms with Crippen molar-refractivity contribution in [2.24, 2.45) is 0 Å². The van der Waals surface area contributed by atoms with Crippen LogP contribution < -0.4 is 10.2 Å². The molecule has 2 heterocycles. The van der Waals surface area contributed by atoms with Gasteiger partial charge >= 0.3 is 0 Å². The van der Waals surface area contributed by atoms with Gasteiger partial charge in [-0.05, 0) is 27.9 Å². The van der Waals surface area contributed by atoms with E-state index >= 15 is 0 Å². The average molecular weight is 249 g/mol. The first kappa shape index (κ1) is 13.2. The zero-order valence-electron chi connectivity index (χ0n) is 11.7. The molecule has 1 saturated heterocycles. The molecule has 0 aliphatic carbocycles. The number of nitrogens with zero attached hydrogens (tertiary/aromatic N) is 4. The molecule has 18 heavy (non-hydrogen) atoms. The predicted octanol–water partition coefficient (Wildman–Crippen LogP) is 0.725. The van der Waals surface area contributed by atoms with E-state index in [0.717, 1.165) is 31.1 Å². The summed E-state index contributed by atoms with van der Waals surface area (Å²) in [7, 11) is 4.11. The third-order valence-electron chi connectivity index (χ3n) is 3.72. The first-order valence-corrected chi connectivity index (χ1v) is 6.54. The number of piperazine rings is 1. The van der Waals surface area contributed by atoms with Crippen molar-refractivity contribution in [2.75, 3.05) is 32.1 Å². The van der Waals surface area contributed by atoms with Gasteiger partial charge in [-0.15, -0.1) is 0 Å². The number of aromatic nitrogens is 2. The van der Waals surface area contributed by atoms with E-state index in [2.05, 4.69) is 46.0 Å². The minimum Gasteiger partial charge on any atom is -0.338 e. The van der Waals surface area contributed by atoms with Crippen LogP contribution in [0.15, 0.2) is 12.4 Å².